The molecule has 0 N–H and O–H groups in total. The smallest absolute Gasteiger partial charge is 0.129 e. The molecular weight excluding hydrogens is 230 g/mol. The van der Waals surface area contributed by atoms with E-state index in [2.05, 4.69) is 13.8 Å². The van der Waals surface area contributed by atoms with Crippen LogP contribution in [0.15, 0.2) is 18.2 Å². The molecule has 0 nitrogen and oxygen atoms in total. The van der Waals surface area contributed by atoms with Crippen molar-refractivity contribution in [2.75, 3.05) is 0 Å². The summed E-state index contributed by atoms with van der Waals surface area (Å²) < 4.78 is 26.6. The van der Waals surface area contributed by atoms with Crippen LogP contribution < -0.4 is 0 Å². The molecule has 0 amide bonds. The van der Waals surface area contributed by atoms with Crippen LogP contribution in [0.1, 0.15) is 32.3 Å². The van der Waals surface area contributed by atoms with Gasteiger partial charge in [0, 0.05) is 10.9 Å². The maximum Gasteiger partial charge on any atom is 0.129 e. The summed E-state index contributed by atoms with van der Waals surface area (Å²) in [4.78, 5) is 0. The first kappa shape index (κ1) is 13.4. The van der Waals surface area contributed by atoms with Gasteiger partial charge >= 0.3 is 0 Å². The van der Waals surface area contributed by atoms with Gasteiger partial charge in [0.25, 0.3) is 0 Å². The second-order valence-electron chi connectivity index (χ2n) is 4.47. The Hall–Kier alpha value is -0.630. The van der Waals surface area contributed by atoms with E-state index in [4.69, 9.17) is 11.6 Å². The standard InChI is InChI=1S/C13H17ClF2/c1-9(2)8-10(14)6-7-11-12(15)4-3-5-13(11)16/h3-5,9-10H,6-8H2,1-2H3. The molecule has 0 radical (unpaired) electrons. The SMILES string of the molecule is CC(C)CC(Cl)CCc1c(F)cccc1F. The molecule has 0 aromatic heterocycles. The average Bonchev–Trinajstić information content (AvgIpc) is 2.15. The first-order valence-corrected chi connectivity index (χ1v) is 6.01. The fourth-order valence-corrected chi connectivity index (χ4v) is 2.17. The van der Waals surface area contributed by atoms with Crippen LogP contribution >= 0.6 is 11.6 Å². The summed E-state index contributed by atoms with van der Waals surface area (Å²) in [6.07, 6.45) is 1.84. The molecule has 1 aromatic carbocycles. The lowest BCUT2D eigenvalue weighted by Crippen LogP contribution is -2.06. The Bertz CT molecular complexity index is 316. The van der Waals surface area contributed by atoms with Crippen LogP contribution in [0.2, 0.25) is 0 Å². The average molecular weight is 247 g/mol. The molecule has 0 aliphatic carbocycles. The maximum atomic E-state index is 13.3. The van der Waals surface area contributed by atoms with Crippen molar-refractivity contribution in [2.45, 2.75) is 38.5 Å². The molecule has 0 aliphatic rings. The highest BCUT2D eigenvalue weighted by atomic mass is 35.5. The van der Waals surface area contributed by atoms with Crippen molar-refractivity contribution in [3.8, 4) is 0 Å². The third-order valence-electron chi connectivity index (χ3n) is 2.50. The summed E-state index contributed by atoms with van der Waals surface area (Å²) in [5.74, 6) is -0.449. The fourth-order valence-electron chi connectivity index (χ4n) is 1.70. The van der Waals surface area contributed by atoms with Crippen LogP contribution in [0.5, 0.6) is 0 Å². The van der Waals surface area contributed by atoms with Crippen molar-refractivity contribution < 1.29 is 8.78 Å². The molecular formula is C13H17ClF2. The van der Waals surface area contributed by atoms with Gasteiger partial charge in [0.15, 0.2) is 0 Å². The summed E-state index contributed by atoms with van der Waals surface area (Å²) in [7, 11) is 0. The van der Waals surface area contributed by atoms with Crippen molar-refractivity contribution in [3.05, 3.63) is 35.4 Å². The van der Waals surface area contributed by atoms with E-state index < -0.39 is 11.6 Å². The van der Waals surface area contributed by atoms with E-state index in [0.29, 0.717) is 18.8 Å². The van der Waals surface area contributed by atoms with E-state index in [1.807, 2.05) is 0 Å². The minimum atomic E-state index is -0.478. The van der Waals surface area contributed by atoms with E-state index in [9.17, 15) is 8.78 Å². The number of halogens is 3. The van der Waals surface area contributed by atoms with E-state index in [1.165, 1.54) is 18.2 Å². The Labute approximate surface area is 101 Å². The lowest BCUT2D eigenvalue weighted by molar-refractivity contribution is 0.520. The largest absolute Gasteiger partial charge is 0.207 e. The second kappa shape index (κ2) is 6.19. The first-order chi connectivity index (χ1) is 7.50. The van der Waals surface area contributed by atoms with Gasteiger partial charge in [0.05, 0.1) is 0 Å². The zero-order valence-electron chi connectivity index (χ0n) is 9.64. The zero-order chi connectivity index (χ0) is 12.1. The van der Waals surface area contributed by atoms with E-state index in [-0.39, 0.29) is 10.9 Å². The van der Waals surface area contributed by atoms with Crippen LogP contribution in [-0.2, 0) is 6.42 Å². The number of benzene rings is 1. The second-order valence-corrected chi connectivity index (χ2v) is 5.08. The van der Waals surface area contributed by atoms with Crippen LogP contribution in [0.3, 0.4) is 0 Å². The molecule has 0 fully saturated rings. The summed E-state index contributed by atoms with van der Waals surface area (Å²) in [6, 6.07) is 3.94. The van der Waals surface area contributed by atoms with Crippen LogP contribution in [0, 0.1) is 17.6 Å². The van der Waals surface area contributed by atoms with Crippen LogP contribution in [-0.4, -0.2) is 5.38 Å². The molecule has 0 saturated heterocycles. The van der Waals surface area contributed by atoms with E-state index in [0.717, 1.165) is 6.42 Å². The van der Waals surface area contributed by atoms with Crippen LogP contribution in [0.25, 0.3) is 0 Å². The fraction of sp³-hybridized carbons (Fsp3) is 0.538. The molecule has 0 bridgehead atoms. The molecule has 16 heavy (non-hydrogen) atoms. The van der Waals surface area contributed by atoms with Gasteiger partial charge in [-0.15, -0.1) is 11.6 Å². The van der Waals surface area contributed by atoms with Crippen molar-refractivity contribution in [1.29, 1.82) is 0 Å². The monoisotopic (exact) mass is 246 g/mol. The van der Waals surface area contributed by atoms with Gasteiger partial charge in [-0.1, -0.05) is 19.9 Å². The van der Waals surface area contributed by atoms with Gasteiger partial charge in [-0.2, -0.15) is 0 Å². The van der Waals surface area contributed by atoms with Gasteiger partial charge in [0.2, 0.25) is 0 Å². The van der Waals surface area contributed by atoms with Crippen molar-refractivity contribution >= 4 is 11.6 Å². The number of rotatable bonds is 5. The topological polar surface area (TPSA) is 0 Å². The Morgan fingerprint density at radius 3 is 2.25 bits per heavy atom. The summed E-state index contributed by atoms with van der Waals surface area (Å²) in [5, 5.41) is -0.0148. The quantitative estimate of drug-likeness (QED) is 0.669. The maximum absolute atomic E-state index is 13.3. The number of hydrogen-bond donors (Lipinski definition) is 0. The highest BCUT2D eigenvalue weighted by Crippen LogP contribution is 2.20. The Balaban J connectivity index is 2.54. The predicted octanol–water partition coefficient (Wildman–Crippen LogP) is 4.55. The Morgan fingerprint density at radius 2 is 1.75 bits per heavy atom. The summed E-state index contributed by atoms with van der Waals surface area (Å²) in [6.45, 7) is 4.16. The molecule has 0 aliphatic heterocycles. The highest BCUT2D eigenvalue weighted by Gasteiger charge is 2.12. The van der Waals surface area contributed by atoms with Gasteiger partial charge in [-0.25, -0.2) is 8.78 Å². The van der Waals surface area contributed by atoms with Crippen molar-refractivity contribution in [3.63, 3.8) is 0 Å². The summed E-state index contributed by atoms with van der Waals surface area (Å²) in [5.41, 5.74) is 0.150. The lowest BCUT2D eigenvalue weighted by atomic mass is 10.0. The predicted molar refractivity (Wildman–Crippen MR) is 63.8 cm³/mol. The molecule has 90 valence electrons. The van der Waals surface area contributed by atoms with Crippen molar-refractivity contribution in [2.24, 2.45) is 5.92 Å². The van der Waals surface area contributed by atoms with E-state index >= 15 is 0 Å². The normalized spacial score (nSPS) is 13.1. The first-order valence-electron chi connectivity index (χ1n) is 5.57. The molecule has 1 atom stereocenters. The van der Waals surface area contributed by atoms with Gasteiger partial charge in [-0.05, 0) is 37.3 Å². The molecule has 0 heterocycles. The Kier molecular flexibility index (Phi) is 5.20. The lowest BCUT2D eigenvalue weighted by Gasteiger charge is -2.12. The molecule has 0 saturated carbocycles. The number of hydrogen-bond acceptors (Lipinski definition) is 0. The van der Waals surface area contributed by atoms with Gasteiger partial charge in [0.1, 0.15) is 11.6 Å². The number of alkyl halides is 1. The molecule has 3 heteroatoms. The van der Waals surface area contributed by atoms with Crippen LogP contribution in [0.4, 0.5) is 8.78 Å². The minimum Gasteiger partial charge on any atom is -0.207 e. The third kappa shape index (κ3) is 4.09. The third-order valence-corrected chi connectivity index (χ3v) is 2.89. The van der Waals surface area contributed by atoms with Crippen molar-refractivity contribution in [1.82, 2.24) is 0 Å². The summed E-state index contributed by atoms with van der Waals surface area (Å²) >= 11 is 6.09. The van der Waals surface area contributed by atoms with Gasteiger partial charge in [-0.3, -0.25) is 0 Å². The molecule has 0 spiro atoms. The molecule has 1 unspecified atom stereocenters. The minimum absolute atomic E-state index is 0.0148. The van der Waals surface area contributed by atoms with E-state index in [1.54, 1.807) is 0 Å². The van der Waals surface area contributed by atoms with Gasteiger partial charge < -0.3 is 0 Å². The zero-order valence-corrected chi connectivity index (χ0v) is 10.4. The highest BCUT2D eigenvalue weighted by molar-refractivity contribution is 6.20. The molecule has 1 rings (SSSR count). The Morgan fingerprint density at radius 1 is 1.19 bits per heavy atom. The molecule has 1 aromatic rings.